The van der Waals surface area contributed by atoms with E-state index in [1.165, 1.54) is 6.07 Å². The summed E-state index contributed by atoms with van der Waals surface area (Å²) in [4.78, 5) is 36.5. The fourth-order valence-corrected chi connectivity index (χ4v) is 3.28. The van der Waals surface area contributed by atoms with E-state index in [1.807, 2.05) is 27.7 Å². The van der Waals surface area contributed by atoms with E-state index in [1.54, 1.807) is 18.2 Å². The molecule has 0 radical (unpaired) electrons. The summed E-state index contributed by atoms with van der Waals surface area (Å²) in [6, 6.07) is 6.43. The van der Waals surface area contributed by atoms with Crippen molar-refractivity contribution >= 4 is 22.9 Å². The van der Waals surface area contributed by atoms with Gasteiger partial charge in [0.05, 0.1) is 5.56 Å². The highest BCUT2D eigenvalue weighted by Gasteiger charge is 2.39. The van der Waals surface area contributed by atoms with Crippen molar-refractivity contribution in [1.29, 1.82) is 0 Å². The summed E-state index contributed by atoms with van der Waals surface area (Å²) < 4.78 is 22.5. The fourth-order valence-electron chi connectivity index (χ4n) is 3.28. The van der Waals surface area contributed by atoms with Crippen molar-refractivity contribution in [2.24, 2.45) is 11.8 Å². The van der Waals surface area contributed by atoms with Gasteiger partial charge in [-0.05, 0) is 30.0 Å². The lowest BCUT2D eigenvalue weighted by molar-refractivity contribution is -0.174. The third kappa shape index (κ3) is 4.96. The number of rotatable bonds is 6. The average molecular weight is 402 g/mol. The summed E-state index contributed by atoms with van der Waals surface area (Å²) in [5.41, 5.74) is 0.143. The quantitative estimate of drug-likeness (QED) is 0.536. The maximum Gasteiger partial charge on any atom is 0.336 e. The lowest BCUT2D eigenvalue weighted by atomic mass is 9.97. The van der Waals surface area contributed by atoms with E-state index in [4.69, 9.17) is 18.6 Å². The zero-order valence-corrected chi connectivity index (χ0v) is 17.1. The Labute approximate surface area is 168 Å². The van der Waals surface area contributed by atoms with Crippen molar-refractivity contribution in [1.82, 2.24) is 0 Å². The van der Waals surface area contributed by atoms with Crippen LogP contribution in [0.15, 0.2) is 33.5 Å². The Balaban J connectivity index is 2.02. The Kier molecular flexibility index (Phi) is 6.25. The van der Waals surface area contributed by atoms with Crippen LogP contribution in [0.3, 0.4) is 0 Å². The molecule has 2 aromatic rings. The monoisotopic (exact) mass is 402 g/mol. The summed E-state index contributed by atoms with van der Waals surface area (Å²) in [6.07, 6.45) is -1.30. The third-order valence-electron chi connectivity index (χ3n) is 4.50. The topological polar surface area (TPSA) is 92.0 Å². The maximum absolute atomic E-state index is 12.4. The van der Waals surface area contributed by atoms with Crippen molar-refractivity contribution < 1.29 is 28.2 Å². The van der Waals surface area contributed by atoms with Crippen molar-refractivity contribution in [2.45, 2.75) is 52.7 Å². The molecule has 1 aromatic carbocycles. The van der Waals surface area contributed by atoms with Gasteiger partial charge >= 0.3 is 17.6 Å². The van der Waals surface area contributed by atoms with Gasteiger partial charge in [-0.25, -0.2) is 4.79 Å². The first-order valence-corrected chi connectivity index (χ1v) is 9.83. The van der Waals surface area contributed by atoms with Gasteiger partial charge in [0.2, 0.25) is 0 Å². The van der Waals surface area contributed by atoms with E-state index in [0.717, 1.165) is 0 Å². The molecule has 2 unspecified atom stereocenters. The first-order chi connectivity index (χ1) is 13.7. The molecular weight excluding hydrogens is 376 g/mol. The second-order valence-electron chi connectivity index (χ2n) is 8.10. The Morgan fingerprint density at radius 2 is 1.62 bits per heavy atom. The predicted octanol–water partition coefficient (Wildman–Crippen LogP) is 3.77. The normalized spacial score (nSPS) is 18.4. The number of benzene rings is 1. The van der Waals surface area contributed by atoms with E-state index in [-0.39, 0.29) is 36.9 Å². The van der Waals surface area contributed by atoms with Crippen LogP contribution in [0.5, 0.6) is 5.75 Å². The molecule has 0 saturated carbocycles. The zero-order valence-electron chi connectivity index (χ0n) is 17.1. The SMILES string of the molecule is CC(C)CC(=O)OC1COc2ccc3ccc(=O)oc3c2C1OC(=O)CC(C)C. The largest absolute Gasteiger partial charge is 0.489 e. The van der Waals surface area contributed by atoms with Gasteiger partial charge in [-0.3, -0.25) is 9.59 Å². The van der Waals surface area contributed by atoms with Crippen LogP contribution < -0.4 is 10.4 Å². The van der Waals surface area contributed by atoms with Gasteiger partial charge < -0.3 is 18.6 Å². The highest BCUT2D eigenvalue weighted by molar-refractivity contribution is 5.83. The molecule has 0 spiro atoms. The molecule has 156 valence electrons. The van der Waals surface area contributed by atoms with Gasteiger partial charge in [-0.1, -0.05) is 27.7 Å². The fraction of sp³-hybridized carbons (Fsp3) is 0.500. The number of esters is 2. The first kappa shape index (κ1) is 20.9. The predicted molar refractivity (Wildman–Crippen MR) is 106 cm³/mol. The molecule has 1 aliphatic rings. The highest BCUT2D eigenvalue weighted by Crippen LogP contribution is 2.41. The van der Waals surface area contributed by atoms with Crippen molar-refractivity contribution in [3.8, 4) is 5.75 Å². The molecule has 0 amide bonds. The average Bonchev–Trinajstić information content (AvgIpc) is 2.61. The van der Waals surface area contributed by atoms with Gasteiger partial charge in [-0.2, -0.15) is 0 Å². The van der Waals surface area contributed by atoms with Crippen LogP contribution in [0, 0.1) is 11.8 Å². The number of ether oxygens (including phenoxy) is 3. The van der Waals surface area contributed by atoms with Crippen molar-refractivity contribution in [3.63, 3.8) is 0 Å². The summed E-state index contributed by atoms with van der Waals surface area (Å²) in [5, 5.41) is 0.658. The molecule has 29 heavy (non-hydrogen) atoms. The minimum Gasteiger partial charge on any atom is -0.489 e. The first-order valence-electron chi connectivity index (χ1n) is 9.83. The zero-order chi connectivity index (χ0) is 21.1. The molecule has 0 aliphatic carbocycles. The van der Waals surface area contributed by atoms with Crippen LogP contribution in [0.25, 0.3) is 11.0 Å². The molecular formula is C22H26O7. The van der Waals surface area contributed by atoms with E-state index < -0.39 is 29.8 Å². The van der Waals surface area contributed by atoms with Crippen molar-refractivity contribution in [2.75, 3.05) is 6.61 Å². The van der Waals surface area contributed by atoms with Gasteiger partial charge in [0.15, 0.2) is 12.2 Å². The molecule has 1 aromatic heterocycles. The Hall–Kier alpha value is -2.83. The minimum absolute atomic E-state index is 0.0407. The van der Waals surface area contributed by atoms with E-state index in [9.17, 15) is 14.4 Å². The summed E-state index contributed by atoms with van der Waals surface area (Å²) in [5.74, 6) is -0.152. The van der Waals surface area contributed by atoms with Crippen molar-refractivity contribution in [3.05, 3.63) is 40.2 Å². The standard InChI is InChI=1S/C22H26O7/c1-12(2)9-18(24)27-16-11-26-15-7-5-14-6-8-17(23)28-21(14)20(15)22(16)29-19(25)10-13(3)4/h5-8,12-13,16,22H,9-11H2,1-4H3. The lowest BCUT2D eigenvalue weighted by Gasteiger charge is -2.33. The van der Waals surface area contributed by atoms with Crippen LogP contribution in [0.1, 0.15) is 52.2 Å². The van der Waals surface area contributed by atoms with Crippen LogP contribution in [-0.4, -0.2) is 24.6 Å². The van der Waals surface area contributed by atoms with E-state index in [0.29, 0.717) is 16.7 Å². The minimum atomic E-state index is -0.921. The summed E-state index contributed by atoms with van der Waals surface area (Å²) >= 11 is 0. The molecule has 3 rings (SSSR count). The van der Waals surface area contributed by atoms with E-state index in [2.05, 4.69) is 0 Å². The molecule has 0 saturated heterocycles. The number of fused-ring (bicyclic) bond motifs is 3. The van der Waals surface area contributed by atoms with Gasteiger partial charge in [0.25, 0.3) is 0 Å². The van der Waals surface area contributed by atoms with Gasteiger partial charge in [0, 0.05) is 24.3 Å². The second-order valence-corrected chi connectivity index (χ2v) is 8.10. The van der Waals surface area contributed by atoms with Gasteiger partial charge in [-0.15, -0.1) is 0 Å². The number of carbonyl (C=O) groups excluding carboxylic acids is 2. The van der Waals surface area contributed by atoms with Crippen LogP contribution >= 0.6 is 0 Å². The molecule has 1 aliphatic heterocycles. The second kappa shape index (κ2) is 8.68. The molecule has 0 fully saturated rings. The highest BCUT2D eigenvalue weighted by atomic mass is 16.6. The molecule has 7 heteroatoms. The molecule has 2 heterocycles. The lowest BCUT2D eigenvalue weighted by Crippen LogP contribution is -2.38. The molecule has 0 N–H and O–H groups in total. The Morgan fingerprint density at radius 1 is 1.00 bits per heavy atom. The smallest absolute Gasteiger partial charge is 0.336 e. The summed E-state index contributed by atoms with van der Waals surface area (Å²) in [6.45, 7) is 7.69. The van der Waals surface area contributed by atoms with Gasteiger partial charge in [0.1, 0.15) is 17.9 Å². The molecule has 0 bridgehead atoms. The molecule has 7 nitrogen and oxygen atoms in total. The summed E-state index contributed by atoms with van der Waals surface area (Å²) in [7, 11) is 0. The Morgan fingerprint density at radius 3 is 2.28 bits per heavy atom. The third-order valence-corrected chi connectivity index (χ3v) is 4.50. The van der Waals surface area contributed by atoms with E-state index >= 15 is 0 Å². The number of carbonyl (C=O) groups is 2. The Bertz CT molecular complexity index is 957. The maximum atomic E-state index is 12.4. The number of hydrogen-bond acceptors (Lipinski definition) is 7. The van der Waals surface area contributed by atoms with Crippen LogP contribution in [-0.2, 0) is 19.1 Å². The van der Waals surface area contributed by atoms with Crippen LogP contribution in [0.4, 0.5) is 0 Å². The molecule has 2 atom stereocenters. The number of hydrogen-bond donors (Lipinski definition) is 0. The van der Waals surface area contributed by atoms with Crippen LogP contribution in [0.2, 0.25) is 0 Å².